The zero-order valence-corrected chi connectivity index (χ0v) is 23.0. The molecular weight excluding hydrogens is 525 g/mol. The first-order valence-electron chi connectivity index (χ1n) is 12.8. The summed E-state index contributed by atoms with van der Waals surface area (Å²) in [5.41, 5.74) is 1.18. The molecule has 0 radical (unpaired) electrons. The summed E-state index contributed by atoms with van der Waals surface area (Å²) in [6.07, 6.45) is 1.57. The molecule has 0 saturated carbocycles. The van der Waals surface area contributed by atoms with Crippen molar-refractivity contribution in [3.05, 3.63) is 65.6 Å². The number of ether oxygens (including phenoxy) is 3. The highest BCUT2D eigenvalue weighted by molar-refractivity contribution is 7.90. The van der Waals surface area contributed by atoms with Crippen LogP contribution in [0.25, 0.3) is 11.3 Å². The Labute approximate surface area is 230 Å². The monoisotopic (exact) mass is 561 g/mol. The van der Waals surface area contributed by atoms with Gasteiger partial charge in [0.05, 0.1) is 18.9 Å². The largest absolute Gasteiger partial charge is 0.493 e. The standard InChI is InChI=1S/C28H32FN3O6S.2H2/c1-18(2)16-37-23-14-21(13-22(29)15-23)25-8-7-24(28(31-25)38-17-20-9-11-36-12-10-20)27(33)32-39(34,35)26-6-4-5-19(3)30-26;;/h4-8,13-15,18,20H,9-12,16-17H2,1-3H3,(H,32,33);2*1H. The van der Waals surface area contributed by atoms with Gasteiger partial charge in [0, 0.05) is 33.4 Å². The second-order valence-electron chi connectivity index (χ2n) is 9.85. The maximum Gasteiger partial charge on any atom is 0.281 e. The number of amides is 1. The van der Waals surface area contributed by atoms with Crippen molar-refractivity contribution >= 4 is 15.9 Å². The van der Waals surface area contributed by atoms with Gasteiger partial charge < -0.3 is 14.2 Å². The number of nitrogens with one attached hydrogen (secondary N) is 1. The Hall–Kier alpha value is -3.57. The second-order valence-corrected chi connectivity index (χ2v) is 11.5. The molecule has 11 heteroatoms. The van der Waals surface area contributed by atoms with Crippen LogP contribution in [-0.2, 0) is 14.8 Å². The van der Waals surface area contributed by atoms with Gasteiger partial charge in [-0.3, -0.25) is 4.79 Å². The average Bonchev–Trinajstić information content (AvgIpc) is 2.90. The summed E-state index contributed by atoms with van der Waals surface area (Å²) in [6.45, 7) is 7.53. The van der Waals surface area contributed by atoms with E-state index in [4.69, 9.17) is 14.2 Å². The number of halogens is 1. The molecule has 1 fully saturated rings. The molecule has 9 nitrogen and oxygen atoms in total. The van der Waals surface area contributed by atoms with Crippen molar-refractivity contribution in [1.29, 1.82) is 0 Å². The molecule has 3 heterocycles. The highest BCUT2D eigenvalue weighted by atomic mass is 32.2. The third-order valence-corrected chi connectivity index (χ3v) is 7.25. The molecule has 2 aromatic heterocycles. The first-order chi connectivity index (χ1) is 18.6. The molecule has 0 spiro atoms. The van der Waals surface area contributed by atoms with Gasteiger partial charge in [0.1, 0.15) is 17.1 Å². The van der Waals surface area contributed by atoms with E-state index in [1.54, 1.807) is 19.1 Å². The molecule has 1 aromatic carbocycles. The molecule has 0 bridgehead atoms. The molecule has 1 N–H and O–H groups in total. The van der Waals surface area contributed by atoms with Crippen LogP contribution in [0.15, 0.2) is 53.6 Å². The van der Waals surface area contributed by atoms with Gasteiger partial charge in [0.15, 0.2) is 5.03 Å². The number of carbonyl (C=O) groups is 1. The van der Waals surface area contributed by atoms with Crippen LogP contribution in [0, 0.1) is 24.6 Å². The third-order valence-electron chi connectivity index (χ3n) is 6.02. The Morgan fingerprint density at radius 1 is 1.13 bits per heavy atom. The summed E-state index contributed by atoms with van der Waals surface area (Å²) in [5, 5.41) is -0.279. The topological polar surface area (TPSA) is 117 Å². The number of hydrogen-bond acceptors (Lipinski definition) is 8. The van der Waals surface area contributed by atoms with Crippen molar-refractivity contribution in [2.75, 3.05) is 26.4 Å². The predicted molar refractivity (Wildman–Crippen MR) is 147 cm³/mol. The fraction of sp³-hybridized carbons (Fsp3) is 0.393. The first kappa shape index (κ1) is 28.4. The van der Waals surface area contributed by atoms with Crippen molar-refractivity contribution in [3.63, 3.8) is 0 Å². The Kier molecular flexibility index (Phi) is 9.13. The number of pyridine rings is 2. The number of nitrogens with zero attached hydrogens (tertiary/aromatic N) is 2. The van der Waals surface area contributed by atoms with E-state index in [0.29, 0.717) is 42.5 Å². The van der Waals surface area contributed by atoms with E-state index < -0.39 is 21.7 Å². The van der Waals surface area contributed by atoms with E-state index >= 15 is 0 Å². The van der Waals surface area contributed by atoms with Crippen LogP contribution in [0.1, 0.15) is 45.6 Å². The number of aryl methyl sites for hydroxylation is 1. The molecule has 1 amide bonds. The Morgan fingerprint density at radius 3 is 2.62 bits per heavy atom. The van der Waals surface area contributed by atoms with Gasteiger partial charge in [-0.05, 0) is 68.0 Å². The maximum absolute atomic E-state index is 14.4. The number of carbonyl (C=O) groups excluding carboxylic acids is 1. The molecule has 1 saturated heterocycles. The van der Waals surface area contributed by atoms with Gasteiger partial charge in [-0.15, -0.1) is 0 Å². The van der Waals surface area contributed by atoms with Crippen LogP contribution in [-0.4, -0.2) is 50.7 Å². The molecule has 212 valence electrons. The summed E-state index contributed by atoms with van der Waals surface area (Å²) in [5.74, 6) is -0.688. The van der Waals surface area contributed by atoms with Gasteiger partial charge in [0.25, 0.3) is 15.9 Å². The van der Waals surface area contributed by atoms with E-state index in [1.807, 2.05) is 18.6 Å². The van der Waals surface area contributed by atoms with Crippen LogP contribution in [0.4, 0.5) is 4.39 Å². The normalized spacial score (nSPS) is 14.3. The Balaban J connectivity index is 0.00000294. The fourth-order valence-corrected chi connectivity index (χ4v) is 4.93. The van der Waals surface area contributed by atoms with Crippen molar-refractivity contribution in [1.82, 2.24) is 14.7 Å². The van der Waals surface area contributed by atoms with Crippen LogP contribution in [0.3, 0.4) is 0 Å². The quantitative estimate of drug-likeness (QED) is 0.366. The average molecular weight is 562 g/mol. The summed E-state index contributed by atoms with van der Waals surface area (Å²) < 4.78 is 59.2. The molecule has 0 aliphatic carbocycles. The van der Waals surface area contributed by atoms with Gasteiger partial charge in [-0.1, -0.05) is 19.9 Å². The lowest BCUT2D eigenvalue weighted by Gasteiger charge is -2.22. The smallest absolute Gasteiger partial charge is 0.281 e. The van der Waals surface area contributed by atoms with Crippen molar-refractivity contribution < 1.29 is 34.7 Å². The first-order valence-corrected chi connectivity index (χ1v) is 14.2. The van der Waals surface area contributed by atoms with E-state index in [0.717, 1.165) is 12.8 Å². The maximum atomic E-state index is 14.4. The highest BCUT2D eigenvalue weighted by Crippen LogP contribution is 2.29. The molecule has 0 atom stereocenters. The number of benzene rings is 1. The lowest BCUT2D eigenvalue weighted by atomic mass is 10.0. The van der Waals surface area contributed by atoms with Crippen molar-refractivity contribution in [2.45, 2.75) is 38.6 Å². The van der Waals surface area contributed by atoms with E-state index in [2.05, 4.69) is 9.97 Å². The lowest BCUT2D eigenvalue weighted by molar-refractivity contribution is 0.0488. The van der Waals surface area contributed by atoms with Gasteiger partial charge >= 0.3 is 0 Å². The lowest BCUT2D eigenvalue weighted by Crippen LogP contribution is -2.32. The highest BCUT2D eigenvalue weighted by Gasteiger charge is 2.25. The van der Waals surface area contributed by atoms with Crippen molar-refractivity contribution in [3.8, 4) is 22.9 Å². The van der Waals surface area contributed by atoms with Crippen LogP contribution >= 0.6 is 0 Å². The van der Waals surface area contributed by atoms with Gasteiger partial charge in [0.2, 0.25) is 5.88 Å². The SMILES string of the molecule is Cc1cccc(S(=O)(=O)NC(=O)c2ccc(-c3cc(F)cc(OCC(C)C)c3)nc2OCC2CCOCC2)n1.[HH].[HH]. The molecule has 1 aliphatic heterocycles. The van der Waals surface area contributed by atoms with Gasteiger partial charge in [-0.2, -0.15) is 8.42 Å². The Bertz CT molecular complexity index is 1440. The molecule has 39 heavy (non-hydrogen) atoms. The van der Waals surface area contributed by atoms with Gasteiger partial charge in [-0.25, -0.2) is 19.1 Å². The van der Waals surface area contributed by atoms with Crippen LogP contribution in [0.2, 0.25) is 0 Å². The minimum Gasteiger partial charge on any atom is -0.493 e. The molecule has 4 rings (SSSR count). The molecule has 1 aliphatic rings. The summed E-state index contributed by atoms with van der Waals surface area (Å²) in [6, 6.07) is 11.7. The summed E-state index contributed by atoms with van der Waals surface area (Å²) >= 11 is 0. The van der Waals surface area contributed by atoms with E-state index in [-0.39, 0.29) is 37.8 Å². The predicted octanol–water partition coefficient (Wildman–Crippen LogP) is 5.04. The zero-order chi connectivity index (χ0) is 28.0. The van der Waals surface area contributed by atoms with Crippen LogP contribution in [0.5, 0.6) is 11.6 Å². The minimum absolute atomic E-state index is 0. The second kappa shape index (κ2) is 12.5. The summed E-state index contributed by atoms with van der Waals surface area (Å²) in [7, 11) is -4.25. The third kappa shape index (κ3) is 7.73. The van der Waals surface area contributed by atoms with Crippen LogP contribution < -0.4 is 14.2 Å². The van der Waals surface area contributed by atoms with E-state index in [9.17, 15) is 17.6 Å². The van der Waals surface area contributed by atoms with Crippen molar-refractivity contribution in [2.24, 2.45) is 11.8 Å². The summed E-state index contributed by atoms with van der Waals surface area (Å²) in [4.78, 5) is 21.7. The number of rotatable bonds is 10. The molecular formula is C28H36FN3O6S. The van der Waals surface area contributed by atoms with E-state index in [1.165, 1.54) is 36.4 Å². The molecule has 3 aromatic rings. The zero-order valence-electron chi connectivity index (χ0n) is 22.1. The fourth-order valence-electron chi connectivity index (χ4n) is 3.95. The number of sulfonamides is 1. The minimum atomic E-state index is -4.25. The molecule has 0 unspecified atom stereocenters. The number of hydrogen-bond donors (Lipinski definition) is 1. The Morgan fingerprint density at radius 2 is 1.90 bits per heavy atom. The number of aromatic nitrogens is 2.